The second-order valence-electron chi connectivity index (χ2n) is 4.11. The number of benzene rings is 1. The lowest BCUT2D eigenvalue weighted by molar-refractivity contribution is 0.627. The van der Waals surface area contributed by atoms with Crippen LogP contribution >= 0.6 is 11.8 Å². The Balaban J connectivity index is 1.65. The van der Waals surface area contributed by atoms with Crippen molar-refractivity contribution in [2.75, 3.05) is 0 Å². The van der Waals surface area contributed by atoms with Gasteiger partial charge in [0.05, 0.1) is 0 Å². The zero-order valence-corrected chi connectivity index (χ0v) is 11.3. The van der Waals surface area contributed by atoms with Crippen LogP contribution in [0, 0.1) is 5.82 Å². The average molecular weight is 286 g/mol. The van der Waals surface area contributed by atoms with Crippen LogP contribution in [0.25, 0.3) is 5.82 Å². The second kappa shape index (κ2) is 5.83. The summed E-state index contributed by atoms with van der Waals surface area (Å²) in [5.74, 6) is 1.25. The third-order valence-electron chi connectivity index (χ3n) is 2.69. The van der Waals surface area contributed by atoms with Gasteiger partial charge in [0, 0.05) is 18.1 Å². The molecule has 0 N–H and O–H groups in total. The standard InChI is InChI=1S/C14H11FN4S/c15-12-3-1-11(2-4-12)9-20-14-6-5-13(17-18-14)19-8-7-16-10-19/h1-8,10H,9H2. The van der Waals surface area contributed by atoms with E-state index in [4.69, 9.17) is 0 Å². The summed E-state index contributed by atoms with van der Waals surface area (Å²) in [7, 11) is 0. The van der Waals surface area contributed by atoms with Gasteiger partial charge in [0.2, 0.25) is 0 Å². The Labute approximate surface area is 119 Å². The van der Waals surface area contributed by atoms with E-state index in [1.54, 1.807) is 41.0 Å². The molecule has 0 radical (unpaired) electrons. The molecule has 2 aromatic heterocycles. The molecule has 100 valence electrons. The molecule has 0 aliphatic carbocycles. The Morgan fingerprint density at radius 1 is 1.05 bits per heavy atom. The van der Waals surface area contributed by atoms with Crippen molar-refractivity contribution in [1.29, 1.82) is 0 Å². The smallest absolute Gasteiger partial charge is 0.160 e. The van der Waals surface area contributed by atoms with E-state index in [-0.39, 0.29) is 5.82 Å². The quantitative estimate of drug-likeness (QED) is 0.691. The first-order chi connectivity index (χ1) is 9.81. The molecule has 3 rings (SSSR count). The highest BCUT2D eigenvalue weighted by Crippen LogP contribution is 2.20. The molecular formula is C14H11FN4S. The summed E-state index contributed by atoms with van der Waals surface area (Å²) in [4.78, 5) is 3.96. The molecule has 0 bridgehead atoms. The average Bonchev–Trinajstić information content (AvgIpc) is 3.01. The van der Waals surface area contributed by atoms with Crippen molar-refractivity contribution in [2.24, 2.45) is 0 Å². The van der Waals surface area contributed by atoms with Crippen molar-refractivity contribution >= 4 is 11.8 Å². The first kappa shape index (κ1) is 12.8. The van der Waals surface area contributed by atoms with Gasteiger partial charge >= 0.3 is 0 Å². The number of halogens is 1. The fourth-order valence-corrected chi connectivity index (χ4v) is 2.43. The van der Waals surface area contributed by atoms with Gasteiger partial charge in [-0.2, -0.15) is 0 Å². The molecule has 3 aromatic rings. The highest BCUT2D eigenvalue weighted by molar-refractivity contribution is 7.98. The fourth-order valence-electron chi connectivity index (χ4n) is 1.66. The van der Waals surface area contributed by atoms with E-state index in [9.17, 15) is 4.39 Å². The van der Waals surface area contributed by atoms with Gasteiger partial charge in [-0.05, 0) is 29.8 Å². The van der Waals surface area contributed by atoms with Gasteiger partial charge in [-0.1, -0.05) is 23.9 Å². The number of hydrogen-bond donors (Lipinski definition) is 0. The zero-order valence-electron chi connectivity index (χ0n) is 10.5. The van der Waals surface area contributed by atoms with Gasteiger partial charge in [0.1, 0.15) is 17.2 Å². The van der Waals surface area contributed by atoms with E-state index in [1.807, 2.05) is 18.3 Å². The van der Waals surface area contributed by atoms with E-state index in [2.05, 4.69) is 15.2 Å². The lowest BCUT2D eigenvalue weighted by atomic mass is 10.2. The first-order valence-electron chi connectivity index (χ1n) is 6.00. The maximum Gasteiger partial charge on any atom is 0.160 e. The van der Waals surface area contributed by atoms with Crippen LogP contribution in [0.5, 0.6) is 0 Å². The van der Waals surface area contributed by atoms with Crippen molar-refractivity contribution in [3.63, 3.8) is 0 Å². The van der Waals surface area contributed by atoms with E-state index >= 15 is 0 Å². The number of rotatable bonds is 4. The molecule has 0 aliphatic heterocycles. The zero-order chi connectivity index (χ0) is 13.8. The van der Waals surface area contributed by atoms with Crippen LogP contribution in [0.3, 0.4) is 0 Å². The fraction of sp³-hybridized carbons (Fsp3) is 0.0714. The Hall–Kier alpha value is -2.21. The van der Waals surface area contributed by atoms with Crippen LogP contribution in [0.2, 0.25) is 0 Å². The van der Waals surface area contributed by atoms with Crippen molar-refractivity contribution in [3.05, 3.63) is 66.5 Å². The third kappa shape index (κ3) is 3.03. The molecule has 0 fully saturated rings. The maximum absolute atomic E-state index is 12.8. The molecule has 0 spiro atoms. The summed E-state index contributed by atoms with van der Waals surface area (Å²) < 4.78 is 14.6. The number of thioether (sulfide) groups is 1. The molecule has 4 nitrogen and oxygen atoms in total. The normalized spacial score (nSPS) is 10.7. The van der Waals surface area contributed by atoms with Crippen molar-refractivity contribution < 1.29 is 4.39 Å². The van der Waals surface area contributed by atoms with Crippen LogP contribution in [0.15, 0.2) is 60.1 Å². The molecule has 0 unspecified atom stereocenters. The molecule has 2 heterocycles. The van der Waals surface area contributed by atoms with Crippen molar-refractivity contribution in [1.82, 2.24) is 19.7 Å². The third-order valence-corrected chi connectivity index (χ3v) is 3.69. The summed E-state index contributed by atoms with van der Waals surface area (Å²) in [5, 5.41) is 9.13. The first-order valence-corrected chi connectivity index (χ1v) is 6.99. The number of nitrogens with zero attached hydrogens (tertiary/aromatic N) is 4. The summed E-state index contributed by atoms with van der Waals surface area (Å²) >= 11 is 1.56. The van der Waals surface area contributed by atoms with Crippen LogP contribution in [0.1, 0.15) is 5.56 Å². The Morgan fingerprint density at radius 3 is 2.55 bits per heavy atom. The molecule has 0 saturated carbocycles. The molecular weight excluding hydrogens is 275 g/mol. The Morgan fingerprint density at radius 2 is 1.90 bits per heavy atom. The van der Waals surface area contributed by atoms with Gasteiger partial charge in [0.15, 0.2) is 5.82 Å². The van der Waals surface area contributed by atoms with Crippen LogP contribution < -0.4 is 0 Å². The lowest BCUT2D eigenvalue weighted by Crippen LogP contribution is -1.96. The second-order valence-corrected chi connectivity index (χ2v) is 5.11. The van der Waals surface area contributed by atoms with Crippen molar-refractivity contribution in [2.45, 2.75) is 10.8 Å². The molecule has 6 heteroatoms. The van der Waals surface area contributed by atoms with E-state index < -0.39 is 0 Å². The molecule has 0 aliphatic rings. The SMILES string of the molecule is Fc1ccc(CSc2ccc(-n3ccnc3)nn2)cc1. The monoisotopic (exact) mass is 286 g/mol. The number of aromatic nitrogens is 4. The van der Waals surface area contributed by atoms with E-state index in [0.29, 0.717) is 0 Å². The van der Waals surface area contributed by atoms with Crippen LogP contribution in [-0.2, 0) is 5.75 Å². The highest BCUT2D eigenvalue weighted by atomic mass is 32.2. The van der Waals surface area contributed by atoms with Gasteiger partial charge in [-0.3, -0.25) is 4.57 Å². The Bertz CT molecular complexity index is 665. The largest absolute Gasteiger partial charge is 0.289 e. The van der Waals surface area contributed by atoms with Crippen LogP contribution in [-0.4, -0.2) is 19.7 Å². The van der Waals surface area contributed by atoms with Gasteiger partial charge in [-0.25, -0.2) is 9.37 Å². The van der Waals surface area contributed by atoms with Crippen LogP contribution in [0.4, 0.5) is 4.39 Å². The summed E-state index contributed by atoms with van der Waals surface area (Å²) in [6.07, 6.45) is 5.18. The Kier molecular flexibility index (Phi) is 3.73. The minimum Gasteiger partial charge on any atom is -0.289 e. The molecule has 0 atom stereocenters. The van der Waals surface area contributed by atoms with Crippen molar-refractivity contribution in [3.8, 4) is 5.82 Å². The molecule has 1 aromatic carbocycles. The lowest BCUT2D eigenvalue weighted by Gasteiger charge is -2.03. The molecule has 0 saturated heterocycles. The van der Waals surface area contributed by atoms with Gasteiger partial charge < -0.3 is 0 Å². The predicted octanol–water partition coefficient (Wildman–Crippen LogP) is 3.09. The van der Waals surface area contributed by atoms with E-state index in [1.165, 1.54) is 12.1 Å². The minimum atomic E-state index is -0.219. The predicted molar refractivity (Wildman–Crippen MR) is 75.1 cm³/mol. The highest BCUT2D eigenvalue weighted by Gasteiger charge is 2.01. The summed E-state index contributed by atoms with van der Waals surface area (Å²) in [5.41, 5.74) is 1.05. The molecule has 0 amide bonds. The maximum atomic E-state index is 12.8. The topological polar surface area (TPSA) is 43.6 Å². The summed E-state index contributed by atoms with van der Waals surface area (Å²) in [6, 6.07) is 10.3. The van der Waals surface area contributed by atoms with E-state index in [0.717, 1.165) is 22.2 Å². The molecule has 20 heavy (non-hydrogen) atoms. The van der Waals surface area contributed by atoms with Gasteiger partial charge in [0.25, 0.3) is 0 Å². The minimum absolute atomic E-state index is 0.219. The van der Waals surface area contributed by atoms with Gasteiger partial charge in [-0.15, -0.1) is 10.2 Å². The summed E-state index contributed by atoms with van der Waals surface area (Å²) in [6.45, 7) is 0. The number of hydrogen-bond acceptors (Lipinski definition) is 4. The number of imidazole rings is 1.